The van der Waals surface area contributed by atoms with Crippen molar-refractivity contribution in [2.24, 2.45) is 0 Å². The van der Waals surface area contributed by atoms with E-state index >= 15 is 0 Å². The van der Waals surface area contributed by atoms with Crippen LogP contribution in [0.25, 0.3) is 0 Å². The molecule has 18 heavy (non-hydrogen) atoms. The lowest BCUT2D eigenvalue weighted by Crippen LogP contribution is -2.26. The molecule has 2 rings (SSSR count). The van der Waals surface area contributed by atoms with E-state index in [9.17, 15) is 5.11 Å². The Morgan fingerprint density at radius 2 is 2.11 bits per heavy atom. The average molecular weight is 253 g/mol. The molecule has 0 radical (unpaired) electrons. The lowest BCUT2D eigenvalue weighted by atomic mass is 10.1. The number of rotatable bonds is 6. The van der Waals surface area contributed by atoms with Crippen LogP contribution in [0.2, 0.25) is 0 Å². The molecule has 0 saturated carbocycles. The molecular weight excluding hydrogens is 234 g/mol. The van der Waals surface area contributed by atoms with Crippen molar-refractivity contribution in [3.63, 3.8) is 0 Å². The topological polar surface area (TPSA) is 60.0 Å². The number of hydrogen-bond donors (Lipinski definition) is 2. The summed E-state index contributed by atoms with van der Waals surface area (Å²) in [6.07, 6.45) is 0.932. The lowest BCUT2D eigenvalue weighted by Gasteiger charge is -2.14. The first-order valence-electron chi connectivity index (χ1n) is 6.04. The summed E-state index contributed by atoms with van der Waals surface area (Å²) in [7, 11) is 1.69. The van der Waals surface area contributed by atoms with Crippen LogP contribution >= 0.6 is 0 Å². The molecule has 2 N–H and O–H groups in total. The fraction of sp³-hybridized carbons (Fsp3) is 0.538. The van der Waals surface area contributed by atoms with E-state index in [2.05, 4.69) is 12.2 Å². The lowest BCUT2D eigenvalue weighted by molar-refractivity contribution is 0.174. The van der Waals surface area contributed by atoms with Crippen molar-refractivity contribution < 1.29 is 19.3 Å². The number of nitrogens with one attached hydrogen (secondary N) is 1. The third-order valence-corrected chi connectivity index (χ3v) is 2.97. The smallest absolute Gasteiger partial charge is 0.231 e. The quantitative estimate of drug-likeness (QED) is 0.807. The van der Waals surface area contributed by atoms with E-state index in [-0.39, 0.29) is 12.5 Å². The highest BCUT2D eigenvalue weighted by molar-refractivity contribution is 5.51. The molecule has 1 aliphatic heterocycles. The van der Waals surface area contributed by atoms with Gasteiger partial charge in [0.1, 0.15) is 5.75 Å². The van der Waals surface area contributed by atoms with Gasteiger partial charge in [-0.3, -0.25) is 0 Å². The second-order valence-electron chi connectivity index (χ2n) is 4.40. The summed E-state index contributed by atoms with van der Waals surface area (Å²) in [5.74, 6) is 1.52. The van der Waals surface area contributed by atoms with Gasteiger partial charge in [-0.2, -0.15) is 0 Å². The Morgan fingerprint density at radius 1 is 1.39 bits per heavy atom. The van der Waals surface area contributed by atoms with Crippen LogP contribution in [-0.2, 0) is 11.3 Å². The fourth-order valence-corrected chi connectivity index (χ4v) is 1.80. The predicted octanol–water partition coefficient (Wildman–Crippen LogP) is 1.64. The van der Waals surface area contributed by atoms with Gasteiger partial charge in [0.25, 0.3) is 0 Å². The molecule has 1 aromatic rings. The Kier molecular flexibility index (Phi) is 4.28. The molecule has 1 atom stereocenters. The number of fused-ring (bicyclic) bond motifs is 1. The SMILES string of the molecule is COCCC(C)NCc1cc2c(cc1O)OCO2. The predicted molar refractivity (Wildman–Crippen MR) is 67.0 cm³/mol. The van der Waals surface area contributed by atoms with Crippen molar-refractivity contribution >= 4 is 0 Å². The zero-order chi connectivity index (χ0) is 13.0. The number of phenolic OH excluding ortho intramolecular Hbond substituents is 1. The van der Waals surface area contributed by atoms with Crippen molar-refractivity contribution in [2.75, 3.05) is 20.5 Å². The molecule has 0 amide bonds. The Balaban J connectivity index is 1.93. The number of hydrogen-bond acceptors (Lipinski definition) is 5. The molecule has 5 heteroatoms. The molecule has 1 aliphatic rings. The zero-order valence-electron chi connectivity index (χ0n) is 10.7. The molecule has 0 aromatic heterocycles. The summed E-state index contributed by atoms with van der Waals surface area (Å²) in [6, 6.07) is 3.74. The molecule has 0 spiro atoms. The van der Waals surface area contributed by atoms with E-state index < -0.39 is 0 Å². The van der Waals surface area contributed by atoms with Crippen LogP contribution in [0.4, 0.5) is 0 Å². The maximum Gasteiger partial charge on any atom is 0.231 e. The molecule has 1 heterocycles. The third-order valence-electron chi connectivity index (χ3n) is 2.97. The van der Waals surface area contributed by atoms with Crippen molar-refractivity contribution in [2.45, 2.75) is 25.9 Å². The van der Waals surface area contributed by atoms with E-state index in [0.29, 0.717) is 24.1 Å². The van der Waals surface area contributed by atoms with Gasteiger partial charge in [0.05, 0.1) is 0 Å². The van der Waals surface area contributed by atoms with Crippen LogP contribution in [-0.4, -0.2) is 31.7 Å². The van der Waals surface area contributed by atoms with Crippen molar-refractivity contribution in [3.8, 4) is 17.2 Å². The second kappa shape index (κ2) is 5.93. The van der Waals surface area contributed by atoms with Gasteiger partial charge in [0, 0.05) is 37.9 Å². The summed E-state index contributed by atoms with van der Waals surface area (Å²) in [5, 5.41) is 13.2. The first-order chi connectivity index (χ1) is 8.70. The van der Waals surface area contributed by atoms with Crippen LogP contribution in [0.3, 0.4) is 0 Å². The zero-order valence-corrected chi connectivity index (χ0v) is 10.7. The van der Waals surface area contributed by atoms with E-state index in [4.69, 9.17) is 14.2 Å². The Labute approximate surface area is 107 Å². The number of benzene rings is 1. The van der Waals surface area contributed by atoms with Gasteiger partial charge < -0.3 is 24.6 Å². The standard InChI is InChI=1S/C13H19NO4/c1-9(3-4-16-2)14-7-10-5-12-13(6-11(10)15)18-8-17-12/h5-6,9,14-15H,3-4,7-8H2,1-2H3. The van der Waals surface area contributed by atoms with Crippen LogP contribution in [0.1, 0.15) is 18.9 Å². The molecule has 0 aliphatic carbocycles. The van der Waals surface area contributed by atoms with Crippen LogP contribution in [0.15, 0.2) is 12.1 Å². The largest absolute Gasteiger partial charge is 0.507 e. The molecule has 100 valence electrons. The summed E-state index contributed by atoms with van der Waals surface area (Å²) >= 11 is 0. The Bertz CT molecular complexity index is 408. The molecule has 0 bridgehead atoms. The molecule has 0 fully saturated rings. The number of ether oxygens (including phenoxy) is 3. The first-order valence-corrected chi connectivity index (χ1v) is 6.04. The Morgan fingerprint density at radius 3 is 2.83 bits per heavy atom. The minimum Gasteiger partial charge on any atom is -0.507 e. The summed E-state index contributed by atoms with van der Waals surface area (Å²) in [5.41, 5.74) is 0.809. The second-order valence-corrected chi connectivity index (χ2v) is 4.40. The molecule has 5 nitrogen and oxygen atoms in total. The van der Waals surface area contributed by atoms with Gasteiger partial charge in [-0.15, -0.1) is 0 Å². The van der Waals surface area contributed by atoms with Crippen molar-refractivity contribution in [1.29, 1.82) is 0 Å². The maximum atomic E-state index is 9.86. The number of phenols is 1. The van der Waals surface area contributed by atoms with Gasteiger partial charge in [-0.05, 0) is 19.4 Å². The third kappa shape index (κ3) is 3.05. The maximum absolute atomic E-state index is 9.86. The van der Waals surface area contributed by atoms with E-state index in [1.54, 1.807) is 13.2 Å². The first kappa shape index (κ1) is 13.0. The van der Waals surface area contributed by atoms with Crippen LogP contribution < -0.4 is 14.8 Å². The monoisotopic (exact) mass is 253 g/mol. The fourth-order valence-electron chi connectivity index (χ4n) is 1.80. The highest BCUT2D eigenvalue weighted by atomic mass is 16.7. The highest BCUT2D eigenvalue weighted by Crippen LogP contribution is 2.37. The van der Waals surface area contributed by atoms with Crippen molar-refractivity contribution in [1.82, 2.24) is 5.32 Å². The van der Waals surface area contributed by atoms with Gasteiger partial charge >= 0.3 is 0 Å². The minimum absolute atomic E-state index is 0.218. The van der Waals surface area contributed by atoms with E-state index in [0.717, 1.165) is 18.6 Å². The van der Waals surface area contributed by atoms with Gasteiger partial charge in [-0.1, -0.05) is 0 Å². The number of aromatic hydroxyl groups is 1. The van der Waals surface area contributed by atoms with E-state index in [1.807, 2.05) is 6.07 Å². The highest BCUT2D eigenvalue weighted by Gasteiger charge is 2.17. The van der Waals surface area contributed by atoms with Crippen LogP contribution in [0.5, 0.6) is 17.2 Å². The normalized spacial score (nSPS) is 14.8. The van der Waals surface area contributed by atoms with Gasteiger partial charge in [-0.25, -0.2) is 0 Å². The molecule has 1 unspecified atom stereocenters. The summed E-state index contributed by atoms with van der Waals surface area (Å²) in [4.78, 5) is 0. The summed E-state index contributed by atoms with van der Waals surface area (Å²) in [6.45, 7) is 3.62. The average Bonchev–Trinajstić information content (AvgIpc) is 2.80. The molecular formula is C13H19NO4. The molecule has 0 saturated heterocycles. The van der Waals surface area contributed by atoms with Crippen molar-refractivity contribution in [3.05, 3.63) is 17.7 Å². The van der Waals surface area contributed by atoms with E-state index in [1.165, 1.54) is 0 Å². The van der Waals surface area contributed by atoms with Gasteiger partial charge in [0.2, 0.25) is 6.79 Å². The summed E-state index contributed by atoms with van der Waals surface area (Å²) < 4.78 is 15.5. The Hall–Kier alpha value is -1.46. The minimum atomic E-state index is 0.218. The van der Waals surface area contributed by atoms with Gasteiger partial charge in [0.15, 0.2) is 11.5 Å². The number of methoxy groups -OCH3 is 1. The molecule has 1 aromatic carbocycles. The van der Waals surface area contributed by atoms with Crippen LogP contribution in [0, 0.1) is 0 Å².